The van der Waals surface area contributed by atoms with Gasteiger partial charge < -0.3 is 15.0 Å². The summed E-state index contributed by atoms with van der Waals surface area (Å²) in [7, 11) is 1.62. The van der Waals surface area contributed by atoms with E-state index in [-0.39, 0.29) is 11.9 Å². The van der Waals surface area contributed by atoms with Crippen molar-refractivity contribution in [1.29, 1.82) is 0 Å². The molecule has 0 aliphatic rings. The van der Waals surface area contributed by atoms with Crippen LogP contribution in [0.1, 0.15) is 29.3 Å². The van der Waals surface area contributed by atoms with E-state index in [9.17, 15) is 4.79 Å². The van der Waals surface area contributed by atoms with Crippen LogP contribution in [-0.2, 0) is 0 Å². The maximum absolute atomic E-state index is 12.7. The molecule has 4 rings (SSSR count). The number of H-pyrrole nitrogens is 1. The molecule has 2 heterocycles. The maximum Gasteiger partial charge on any atom is 0.271 e. The predicted molar refractivity (Wildman–Crippen MR) is 114 cm³/mol. The third kappa shape index (κ3) is 4.05. The molecule has 1 unspecified atom stereocenters. The van der Waals surface area contributed by atoms with Crippen LogP contribution in [0.5, 0.6) is 5.75 Å². The summed E-state index contributed by atoms with van der Waals surface area (Å²) in [6, 6.07) is 17.3. The van der Waals surface area contributed by atoms with Gasteiger partial charge in [-0.3, -0.25) is 4.79 Å². The van der Waals surface area contributed by atoms with Gasteiger partial charge >= 0.3 is 0 Å². The second-order valence-electron chi connectivity index (χ2n) is 6.48. The van der Waals surface area contributed by atoms with Crippen molar-refractivity contribution in [3.8, 4) is 27.6 Å². The number of methoxy groups -OCH3 is 1. The fraction of sp³-hybridized carbons (Fsp3) is 0.136. The number of nitrogens with one attached hydrogen (secondary N) is 2. The lowest BCUT2D eigenvalue weighted by Gasteiger charge is -2.10. The van der Waals surface area contributed by atoms with Crippen LogP contribution in [0.15, 0.2) is 66.2 Å². The Hall–Kier alpha value is -3.45. The lowest BCUT2D eigenvalue weighted by molar-refractivity contribution is 0.0934. The van der Waals surface area contributed by atoms with Gasteiger partial charge in [-0.1, -0.05) is 42.5 Å². The Labute approximate surface area is 172 Å². The van der Waals surface area contributed by atoms with E-state index in [0.29, 0.717) is 11.5 Å². The third-order valence-corrected chi connectivity index (χ3v) is 5.39. The van der Waals surface area contributed by atoms with Crippen molar-refractivity contribution in [2.75, 3.05) is 7.11 Å². The van der Waals surface area contributed by atoms with Crippen molar-refractivity contribution in [1.82, 2.24) is 20.3 Å². The molecule has 2 N–H and O–H groups in total. The van der Waals surface area contributed by atoms with Gasteiger partial charge in [0.05, 0.1) is 30.6 Å². The third-order valence-electron chi connectivity index (χ3n) is 4.51. The molecule has 4 aromatic rings. The summed E-state index contributed by atoms with van der Waals surface area (Å²) in [6.07, 6.45) is 1.77. The van der Waals surface area contributed by atoms with Crippen LogP contribution in [0, 0.1) is 0 Å². The monoisotopic (exact) mass is 404 g/mol. The number of rotatable bonds is 6. The average Bonchev–Trinajstić information content (AvgIpc) is 3.44. The summed E-state index contributed by atoms with van der Waals surface area (Å²) in [5.74, 6) is 1.18. The van der Waals surface area contributed by atoms with Gasteiger partial charge in [-0.2, -0.15) is 0 Å². The van der Waals surface area contributed by atoms with Crippen LogP contribution < -0.4 is 10.1 Å². The molecule has 0 saturated carbocycles. The molecule has 6 nitrogen and oxygen atoms in total. The number of aromatic nitrogens is 3. The first-order chi connectivity index (χ1) is 14.2. The zero-order chi connectivity index (χ0) is 20.2. The van der Waals surface area contributed by atoms with Crippen molar-refractivity contribution in [3.63, 3.8) is 0 Å². The average molecular weight is 404 g/mol. The summed E-state index contributed by atoms with van der Waals surface area (Å²) >= 11 is 1.41. The number of amides is 1. The SMILES string of the molecule is COc1ccccc1-c1nc(C(=O)NC(C)c2ncc(-c3ccccc3)[nH]2)cs1. The minimum atomic E-state index is -0.281. The highest BCUT2D eigenvalue weighted by Gasteiger charge is 2.18. The highest BCUT2D eigenvalue weighted by atomic mass is 32.1. The number of benzene rings is 2. The number of imidazole rings is 1. The Morgan fingerprint density at radius 1 is 1.14 bits per heavy atom. The van der Waals surface area contributed by atoms with Crippen molar-refractivity contribution < 1.29 is 9.53 Å². The topological polar surface area (TPSA) is 79.9 Å². The number of nitrogens with zero attached hydrogens (tertiary/aromatic N) is 2. The quantitative estimate of drug-likeness (QED) is 0.488. The Morgan fingerprint density at radius 2 is 1.90 bits per heavy atom. The molecule has 2 aromatic heterocycles. The Morgan fingerprint density at radius 3 is 2.69 bits per heavy atom. The van der Waals surface area contributed by atoms with E-state index in [1.165, 1.54) is 11.3 Å². The lowest BCUT2D eigenvalue weighted by Crippen LogP contribution is -2.27. The van der Waals surface area contributed by atoms with Crippen LogP contribution in [-0.4, -0.2) is 28.0 Å². The summed E-state index contributed by atoms with van der Waals surface area (Å²) < 4.78 is 5.38. The zero-order valence-electron chi connectivity index (χ0n) is 16.0. The van der Waals surface area contributed by atoms with Crippen LogP contribution in [0.25, 0.3) is 21.8 Å². The molecule has 146 valence electrons. The van der Waals surface area contributed by atoms with Crippen LogP contribution in [0.3, 0.4) is 0 Å². The first kappa shape index (κ1) is 18.9. The highest BCUT2D eigenvalue weighted by molar-refractivity contribution is 7.13. The first-order valence-corrected chi connectivity index (χ1v) is 10.0. The summed E-state index contributed by atoms with van der Waals surface area (Å²) in [5.41, 5.74) is 3.20. The van der Waals surface area contributed by atoms with E-state index in [1.54, 1.807) is 18.7 Å². The molecule has 0 aliphatic carbocycles. The number of carbonyl (C=O) groups excluding carboxylic acids is 1. The van der Waals surface area contributed by atoms with Crippen LogP contribution in [0.2, 0.25) is 0 Å². The zero-order valence-corrected chi connectivity index (χ0v) is 16.9. The number of thiazole rings is 1. The molecule has 0 radical (unpaired) electrons. The van der Waals surface area contributed by atoms with E-state index in [4.69, 9.17) is 4.74 Å². The fourth-order valence-corrected chi connectivity index (χ4v) is 3.81. The standard InChI is InChI=1S/C22H20N4O2S/c1-14(20-23-12-17(25-20)15-8-4-3-5-9-15)24-21(27)18-13-29-22(26-18)16-10-6-7-11-19(16)28-2/h3-14H,1-2H3,(H,23,25)(H,24,27). The molecule has 2 aromatic carbocycles. The van der Waals surface area contributed by atoms with E-state index >= 15 is 0 Å². The number of hydrogen-bond donors (Lipinski definition) is 2. The van der Waals surface area contributed by atoms with Gasteiger partial charge in [0.25, 0.3) is 5.91 Å². The highest BCUT2D eigenvalue weighted by Crippen LogP contribution is 2.32. The van der Waals surface area contributed by atoms with Gasteiger partial charge in [0.15, 0.2) is 0 Å². The maximum atomic E-state index is 12.7. The smallest absolute Gasteiger partial charge is 0.271 e. The van der Waals surface area contributed by atoms with E-state index < -0.39 is 0 Å². The predicted octanol–water partition coefficient (Wildman–Crippen LogP) is 4.70. The number of hydrogen-bond acceptors (Lipinski definition) is 5. The molecule has 29 heavy (non-hydrogen) atoms. The van der Waals surface area contributed by atoms with Gasteiger partial charge in [-0.05, 0) is 24.6 Å². The van der Waals surface area contributed by atoms with Gasteiger partial charge in [0.2, 0.25) is 0 Å². The van der Waals surface area contributed by atoms with Crippen molar-refractivity contribution in [2.24, 2.45) is 0 Å². The van der Waals surface area contributed by atoms with Crippen molar-refractivity contribution >= 4 is 17.2 Å². The molecule has 0 fully saturated rings. The number of aromatic amines is 1. The van der Waals surface area contributed by atoms with Crippen molar-refractivity contribution in [3.05, 3.63) is 77.7 Å². The summed E-state index contributed by atoms with van der Waals surface area (Å²) in [5, 5.41) is 5.44. The largest absolute Gasteiger partial charge is 0.496 e. The van der Waals surface area contributed by atoms with Gasteiger partial charge in [-0.15, -0.1) is 11.3 Å². The molecular weight excluding hydrogens is 384 g/mol. The molecule has 0 bridgehead atoms. The molecule has 0 saturated heterocycles. The minimum absolute atomic E-state index is 0.243. The van der Waals surface area contributed by atoms with Crippen LogP contribution >= 0.6 is 11.3 Å². The van der Waals surface area contributed by atoms with E-state index in [0.717, 1.165) is 27.6 Å². The number of carbonyl (C=O) groups is 1. The molecule has 0 aliphatic heterocycles. The summed E-state index contributed by atoms with van der Waals surface area (Å²) in [4.78, 5) is 24.8. The molecule has 1 amide bonds. The molecular formula is C22H20N4O2S. The van der Waals surface area contributed by atoms with Gasteiger partial charge in [0.1, 0.15) is 22.3 Å². The molecule has 1 atom stereocenters. The van der Waals surface area contributed by atoms with Crippen molar-refractivity contribution in [2.45, 2.75) is 13.0 Å². The van der Waals surface area contributed by atoms with Gasteiger partial charge in [-0.25, -0.2) is 9.97 Å². The van der Waals surface area contributed by atoms with E-state index in [2.05, 4.69) is 20.3 Å². The lowest BCUT2D eigenvalue weighted by atomic mass is 10.2. The number of para-hydroxylation sites is 1. The van der Waals surface area contributed by atoms with E-state index in [1.807, 2.05) is 61.5 Å². The number of ether oxygens (including phenoxy) is 1. The second-order valence-corrected chi connectivity index (χ2v) is 7.34. The summed E-state index contributed by atoms with van der Waals surface area (Å²) in [6.45, 7) is 1.89. The minimum Gasteiger partial charge on any atom is -0.496 e. The molecule has 0 spiro atoms. The molecule has 7 heteroatoms. The Balaban J connectivity index is 1.47. The Kier molecular flexibility index (Phi) is 5.39. The van der Waals surface area contributed by atoms with Gasteiger partial charge in [0, 0.05) is 5.38 Å². The fourth-order valence-electron chi connectivity index (χ4n) is 2.98. The Bertz CT molecular complexity index is 1120. The first-order valence-electron chi connectivity index (χ1n) is 9.16. The second kappa shape index (κ2) is 8.28. The van der Waals surface area contributed by atoms with Crippen LogP contribution in [0.4, 0.5) is 0 Å². The normalized spacial score (nSPS) is 11.8.